The first-order valence-corrected chi connectivity index (χ1v) is 29.7. The van der Waals surface area contributed by atoms with Gasteiger partial charge in [-0.1, -0.05) is 0 Å². The summed E-state index contributed by atoms with van der Waals surface area (Å²) < 4.78 is 67.2. The second kappa shape index (κ2) is 48.9. The van der Waals surface area contributed by atoms with E-state index in [1.165, 1.54) is 55.7 Å². The van der Waals surface area contributed by atoms with Crippen molar-refractivity contribution in [3.63, 3.8) is 0 Å². The Hall–Kier alpha value is -6.89. The van der Waals surface area contributed by atoms with Crippen LogP contribution in [0.25, 0.3) is 0 Å². The lowest BCUT2D eigenvalue weighted by atomic mass is 10.1. The summed E-state index contributed by atoms with van der Waals surface area (Å²) in [6.07, 6.45) is 2.74. The molecule has 1 aromatic carbocycles. The van der Waals surface area contributed by atoms with Crippen LogP contribution in [-0.2, 0) is 75.7 Å². The molecule has 10 N–H and O–H groups in total. The molecule has 3 aromatic rings. The van der Waals surface area contributed by atoms with Crippen LogP contribution < -0.4 is 43.0 Å². The monoisotopic (exact) mass is 1280 g/mol. The van der Waals surface area contributed by atoms with Crippen molar-refractivity contribution in [1.82, 2.24) is 45.9 Å². The largest absolute Gasteiger partial charge is 0.504 e. The molecule has 0 spiro atoms. The molecule has 0 aliphatic carbocycles. The number of phenols is 2. The van der Waals surface area contributed by atoms with Crippen molar-refractivity contribution >= 4 is 29.5 Å². The van der Waals surface area contributed by atoms with Crippen molar-refractivity contribution in [2.45, 2.75) is 6.42 Å². The molecule has 5 amide bonds. The quantitative estimate of drug-likeness (QED) is 0.0205. The molecule has 0 bridgehead atoms. The van der Waals surface area contributed by atoms with Crippen LogP contribution in [0.1, 0.15) is 47.9 Å². The van der Waals surface area contributed by atoms with Crippen LogP contribution in [0, 0.1) is 0 Å². The first-order valence-electron chi connectivity index (χ1n) is 29.7. The third kappa shape index (κ3) is 32.7. The van der Waals surface area contributed by atoms with Gasteiger partial charge in [-0.15, -0.1) is 0 Å². The summed E-state index contributed by atoms with van der Waals surface area (Å²) in [7, 11) is 4.49. The van der Waals surface area contributed by atoms with Gasteiger partial charge in [0.15, 0.2) is 23.0 Å². The van der Waals surface area contributed by atoms with Gasteiger partial charge in [0.25, 0.3) is 34.7 Å². The number of carbonyl (C=O) groups is 5. The van der Waals surface area contributed by atoms with Crippen LogP contribution in [0.2, 0.25) is 0 Å². The summed E-state index contributed by atoms with van der Waals surface area (Å²) in [6, 6.07) is 4.96. The Morgan fingerprint density at radius 3 is 1.02 bits per heavy atom. The first kappa shape index (κ1) is 77.4. The molecule has 508 valence electrons. The number of hydrogen-bond donors (Lipinski definition) is 10. The number of pyridine rings is 2. The van der Waals surface area contributed by atoms with Crippen molar-refractivity contribution in [2.24, 2.45) is 14.1 Å². The molecule has 0 saturated heterocycles. The summed E-state index contributed by atoms with van der Waals surface area (Å²) >= 11 is 0. The third-order valence-electron chi connectivity index (χ3n) is 12.5. The number of carbonyl (C=O) groups excluding carboxylic acids is 5. The van der Waals surface area contributed by atoms with Gasteiger partial charge in [0, 0.05) is 105 Å². The molecule has 32 nitrogen and oxygen atoms in total. The van der Waals surface area contributed by atoms with Gasteiger partial charge in [0.05, 0.1) is 174 Å². The molecule has 0 saturated carbocycles. The van der Waals surface area contributed by atoms with E-state index in [4.69, 9.17) is 56.8 Å². The van der Waals surface area contributed by atoms with E-state index in [0.29, 0.717) is 139 Å². The van der Waals surface area contributed by atoms with Crippen LogP contribution in [0.4, 0.5) is 0 Å². The zero-order valence-electron chi connectivity index (χ0n) is 51.9. The lowest BCUT2D eigenvalue weighted by molar-refractivity contribution is -0.122. The number of aromatic hydroxyl groups is 4. The van der Waals surface area contributed by atoms with E-state index in [1.54, 1.807) is 7.11 Å². The highest BCUT2D eigenvalue weighted by atomic mass is 16.6. The van der Waals surface area contributed by atoms with E-state index in [9.17, 15) is 54.0 Å². The molecular weight excluding hydrogens is 1190 g/mol. The van der Waals surface area contributed by atoms with Crippen molar-refractivity contribution in [1.29, 1.82) is 0 Å². The number of aromatic nitrogens is 2. The van der Waals surface area contributed by atoms with Crippen LogP contribution in [0.15, 0.2) is 46.2 Å². The molecule has 90 heavy (non-hydrogen) atoms. The van der Waals surface area contributed by atoms with Gasteiger partial charge in [0.2, 0.25) is 5.91 Å². The van der Waals surface area contributed by atoms with Gasteiger partial charge < -0.3 is 123 Å². The summed E-state index contributed by atoms with van der Waals surface area (Å²) in [5.41, 5.74) is -2.50. The minimum absolute atomic E-state index is 0.0373. The SMILES string of the molecule is COCCOCCOCCOCCOCCOCCOCCOCCOCCOCCOCCOCCC(=O)NCCNC(=O)c1ccc(C(=O)N(CCNCCNC(=O)c2ccn(C)c(=O)c2O)CCNCCNC(=O)c2ccn(C)c(=O)c2O)c(O)c1O. The van der Waals surface area contributed by atoms with E-state index in [1.807, 2.05) is 0 Å². The summed E-state index contributed by atoms with van der Waals surface area (Å²) in [6.45, 7) is 10.9. The molecule has 0 unspecified atom stereocenters. The lowest BCUT2D eigenvalue weighted by Crippen LogP contribution is -2.43. The fourth-order valence-corrected chi connectivity index (χ4v) is 7.58. The number of aryl methyl sites for hydroxylation is 2. The predicted molar refractivity (Wildman–Crippen MR) is 324 cm³/mol. The Labute approximate surface area is 522 Å². The molecule has 0 radical (unpaired) electrons. The van der Waals surface area contributed by atoms with E-state index < -0.39 is 57.7 Å². The first-order chi connectivity index (χ1) is 43.7. The second-order valence-electron chi connectivity index (χ2n) is 19.2. The molecule has 2 heterocycles. The maximum atomic E-state index is 13.9. The van der Waals surface area contributed by atoms with Gasteiger partial charge in [-0.25, -0.2) is 0 Å². The van der Waals surface area contributed by atoms with Crippen LogP contribution >= 0.6 is 0 Å². The van der Waals surface area contributed by atoms with Crippen molar-refractivity contribution in [3.05, 3.63) is 79.6 Å². The van der Waals surface area contributed by atoms with Gasteiger partial charge in [-0.2, -0.15) is 0 Å². The number of amides is 5. The van der Waals surface area contributed by atoms with Crippen LogP contribution in [0.3, 0.4) is 0 Å². The number of nitrogens with zero attached hydrogens (tertiary/aromatic N) is 3. The summed E-state index contributed by atoms with van der Waals surface area (Å²) in [4.78, 5) is 89.8. The molecule has 0 atom stereocenters. The number of methoxy groups -OCH3 is 1. The highest BCUT2D eigenvalue weighted by molar-refractivity contribution is 6.03. The summed E-state index contributed by atoms with van der Waals surface area (Å²) in [5, 5.41) is 58.6. The molecule has 2 aromatic heterocycles. The van der Waals surface area contributed by atoms with Gasteiger partial charge in [-0.3, -0.25) is 33.6 Å². The molecule has 32 heteroatoms. The van der Waals surface area contributed by atoms with E-state index in [0.717, 1.165) is 9.13 Å². The van der Waals surface area contributed by atoms with Gasteiger partial charge in [-0.05, 0) is 24.3 Å². The Morgan fingerprint density at radius 1 is 0.378 bits per heavy atom. The van der Waals surface area contributed by atoms with E-state index in [2.05, 4.69) is 31.9 Å². The standard InChI is InChI=1S/C58H93N9O23/c1-65-17-6-45(51(71)57(65)77)54(74)62-11-9-59-15-19-67(20-16-60-10-12-63-55(75)46-7-18-66(2)58(78)52(46)72)56(76)47-5-4-44(49(69)50(47)70)53(73)64-14-13-61-48(68)8-21-80-24-25-82-28-29-84-32-33-86-36-37-88-40-41-90-43-42-89-39-38-87-35-34-85-31-30-83-27-26-81-23-22-79-3/h4-7,17-18,59-60,69-72H,8-16,19-43H2,1-3H3,(H,61,68)(H,62,74)(H,63,75)(H,64,73). The minimum atomic E-state index is -0.850. The Balaban J connectivity index is 1.20. The van der Waals surface area contributed by atoms with E-state index >= 15 is 0 Å². The normalized spacial score (nSPS) is 11.2. The Kier molecular flexibility index (Phi) is 42.0. The van der Waals surface area contributed by atoms with Crippen LogP contribution in [-0.4, -0.2) is 289 Å². The van der Waals surface area contributed by atoms with Gasteiger partial charge >= 0.3 is 0 Å². The highest BCUT2D eigenvalue weighted by Crippen LogP contribution is 2.33. The number of phenolic OH excluding ortho intramolecular Hbond substituents is 2. The molecular formula is C58H93N9O23. The number of benzene rings is 1. The number of hydrogen-bond acceptors (Lipinski definition) is 25. The summed E-state index contributed by atoms with van der Waals surface area (Å²) in [5.74, 6) is -6.26. The maximum Gasteiger partial charge on any atom is 0.293 e. The highest BCUT2D eigenvalue weighted by Gasteiger charge is 2.25. The Bertz CT molecular complexity index is 2560. The zero-order valence-corrected chi connectivity index (χ0v) is 51.9. The van der Waals surface area contributed by atoms with Crippen molar-refractivity contribution < 1.29 is 101 Å². The topological polar surface area (TPSA) is 396 Å². The molecule has 3 rings (SSSR count). The van der Waals surface area contributed by atoms with Crippen molar-refractivity contribution in [3.8, 4) is 23.0 Å². The maximum absolute atomic E-state index is 13.9. The number of ether oxygens (including phenoxy) is 12. The second-order valence-corrected chi connectivity index (χ2v) is 19.2. The van der Waals surface area contributed by atoms with Crippen LogP contribution in [0.5, 0.6) is 23.0 Å². The fourth-order valence-electron chi connectivity index (χ4n) is 7.58. The zero-order chi connectivity index (χ0) is 65.4. The number of nitrogens with one attached hydrogen (secondary N) is 6. The molecule has 0 fully saturated rings. The van der Waals surface area contributed by atoms with Gasteiger partial charge in [0.1, 0.15) is 0 Å². The molecule has 0 aliphatic rings. The molecule has 0 aliphatic heterocycles. The van der Waals surface area contributed by atoms with Crippen molar-refractivity contribution in [2.75, 3.05) is 225 Å². The van der Waals surface area contributed by atoms with E-state index in [-0.39, 0.29) is 113 Å². The Morgan fingerprint density at radius 2 is 0.667 bits per heavy atom. The average molecular weight is 1280 g/mol. The minimum Gasteiger partial charge on any atom is -0.504 e. The predicted octanol–water partition coefficient (Wildman–Crippen LogP) is -2.55. The third-order valence-corrected chi connectivity index (χ3v) is 12.5. The average Bonchev–Trinajstić information content (AvgIpc) is 1.04. The fraction of sp³-hybridized carbons (Fsp3) is 0.638. The smallest absolute Gasteiger partial charge is 0.293 e. The number of rotatable bonds is 55. The lowest BCUT2D eigenvalue weighted by Gasteiger charge is -2.24.